The largest absolute Gasteiger partial charge is 0.338 e. The van der Waals surface area contributed by atoms with Crippen molar-refractivity contribution in [2.24, 2.45) is 13.0 Å². The van der Waals surface area contributed by atoms with Crippen LogP contribution in [0.3, 0.4) is 0 Å². The zero-order valence-corrected chi connectivity index (χ0v) is 18.4. The molecule has 7 nitrogen and oxygen atoms in total. The fourth-order valence-corrected chi connectivity index (χ4v) is 5.36. The van der Waals surface area contributed by atoms with E-state index in [1.165, 1.54) is 35.0 Å². The number of rotatable bonds is 6. The van der Waals surface area contributed by atoms with Gasteiger partial charge >= 0.3 is 6.03 Å². The fraction of sp³-hybridized carbons (Fsp3) is 0.579. The topological polar surface area (TPSA) is 88.9 Å². The molecule has 2 atom stereocenters. The smallest absolute Gasteiger partial charge is 0.321 e. The molecule has 1 aliphatic carbocycles. The van der Waals surface area contributed by atoms with Gasteiger partial charge in [-0.2, -0.15) is 0 Å². The maximum absolute atomic E-state index is 12.2. The Morgan fingerprint density at radius 3 is 2.89 bits per heavy atom. The Bertz CT molecular complexity index is 861. The average molecular weight is 422 g/mol. The van der Waals surface area contributed by atoms with Gasteiger partial charge in [-0.1, -0.05) is 25.1 Å². The molecule has 0 bridgehead atoms. The van der Waals surface area contributed by atoms with Crippen LogP contribution in [0.15, 0.2) is 11.2 Å². The maximum atomic E-state index is 12.2. The molecule has 0 unspecified atom stereocenters. The van der Waals surface area contributed by atoms with E-state index in [9.17, 15) is 9.59 Å². The number of aromatic nitrogens is 3. The monoisotopic (exact) mass is 421 g/mol. The molecule has 3 rings (SSSR count). The van der Waals surface area contributed by atoms with Gasteiger partial charge in [-0.15, -0.1) is 21.5 Å². The first-order chi connectivity index (χ1) is 13.4. The minimum Gasteiger partial charge on any atom is -0.338 e. The number of urea groups is 1. The Kier molecular flexibility index (Phi) is 6.77. The molecule has 152 valence electrons. The van der Waals surface area contributed by atoms with E-state index in [2.05, 4.69) is 33.8 Å². The number of hydrogen-bond donors (Lipinski definition) is 2. The van der Waals surface area contributed by atoms with Crippen LogP contribution in [0.25, 0.3) is 10.7 Å². The van der Waals surface area contributed by atoms with E-state index in [1.807, 2.05) is 11.6 Å². The van der Waals surface area contributed by atoms with Crippen molar-refractivity contribution in [1.82, 2.24) is 25.4 Å². The molecule has 9 heteroatoms. The van der Waals surface area contributed by atoms with E-state index < -0.39 is 11.3 Å². The quantitative estimate of drug-likeness (QED) is 0.698. The molecule has 0 radical (unpaired) electrons. The Labute approximate surface area is 173 Å². The number of nitrogens with one attached hydrogen (secondary N) is 2. The zero-order valence-electron chi connectivity index (χ0n) is 16.7. The standard InChI is InChI=1S/C19H27N5O2S2/c1-5-12-7-8-14-13(9-12)10-15(28-14)16-22-23-19(24(16)4)27-11(3)17(25)21-18(26)20-6-2/h10-12H,5-9H2,1-4H3,(H2,20,21,25,26)/t11-,12+/m0/s1. The lowest BCUT2D eigenvalue weighted by Gasteiger charge is -2.19. The van der Waals surface area contributed by atoms with Crippen LogP contribution in [0.1, 0.15) is 44.1 Å². The van der Waals surface area contributed by atoms with Crippen LogP contribution in [0.5, 0.6) is 0 Å². The van der Waals surface area contributed by atoms with Crippen molar-refractivity contribution in [2.75, 3.05) is 6.54 Å². The van der Waals surface area contributed by atoms with Gasteiger partial charge in [0.05, 0.1) is 10.1 Å². The highest BCUT2D eigenvalue weighted by Gasteiger charge is 2.24. The molecule has 0 spiro atoms. The normalized spacial score (nSPS) is 17.1. The highest BCUT2D eigenvalue weighted by Crippen LogP contribution is 2.38. The van der Waals surface area contributed by atoms with Gasteiger partial charge < -0.3 is 9.88 Å². The molecule has 0 aromatic carbocycles. The van der Waals surface area contributed by atoms with Gasteiger partial charge in [0.2, 0.25) is 5.91 Å². The number of fused-ring (bicyclic) bond motifs is 1. The van der Waals surface area contributed by atoms with Gasteiger partial charge in [-0.3, -0.25) is 10.1 Å². The predicted octanol–water partition coefficient (Wildman–Crippen LogP) is 3.38. The van der Waals surface area contributed by atoms with Crippen molar-refractivity contribution >= 4 is 35.0 Å². The molecule has 2 heterocycles. The summed E-state index contributed by atoms with van der Waals surface area (Å²) in [7, 11) is 1.92. The third kappa shape index (κ3) is 4.57. The third-order valence-corrected chi connectivity index (χ3v) is 7.41. The second-order valence-electron chi connectivity index (χ2n) is 7.05. The minimum absolute atomic E-state index is 0.349. The van der Waals surface area contributed by atoms with Crippen molar-refractivity contribution in [3.8, 4) is 10.7 Å². The van der Waals surface area contributed by atoms with Crippen LogP contribution >= 0.6 is 23.1 Å². The number of imide groups is 1. The lowest BCUT2D eigenvalue weighted by atomic mass is 9.87. The Morgan fingerprint density at radius 2 is 2.18 bits per heavy atom. The van der Waals surface area contributed by atoms with E-state index in [-0.39, 0.29) is 5.91 Å². The van der Waals surface area contributed by atoms with Crippen molar-refractivity contribution < 1.29 is 9.59 Å². The van der Waals surface area contributed by atoms with Gasteiger partial charge in [0.1, 0.15) is 0 Å². The SMILES string of the molecule is CCNC(=O)NC(=O)[C@H](C)Sc1nnc(-c2cc3c(s2)CC[C@@H](CC)C3)n1C. The number of amides is 3. The highest BCUT2D eigenvalue weighted by molar-refractivity contribution is 8.00. The van der Waals surface area contributed by atoms with E-state index in [0.717, 1.165) is 29.5 Å². The number of carbonyl (C=O) groups is 2. The molecule has 0 saturated carbocycles. The molecular formula is C19H27N5O2S2. The number of aryl methyl sites for hydroxylation is 1. The van der Waals surface area contributed by atoms with Gasteiger partial charge in [-0.05, 0) is 50.7 Å². The summed E-state index contributed by atoms with van der Waals surface area (Å²) < 4.78 is 1.93. The number of hydrogen-bond acceptors (Lipinski definition) is 6. The van der Waals surface area contributed by atoms with Gasteiger partial charge in [0.15, 0.2) is 11.0 Å². The molecule has 28 heavy (non-hydrogen) atoms. The number of nitrogens with zero attached hydrogens (tertiary/aromatic N) is 3. The lowest BCUT2D eigenvalue weighted by molar-refractivity contribution is -0.119. The first-order valence-electron chi connectivity index (χ1n) is 9.69. The lowest BCUT2D eigenvalue weighted by Crippen LogP contribution is -2.42. The van der Waals surface area contributed by atoms with Crippen LogP contribution in [-0.2, 0) is 24.7 Å². The minimum atomic E-state index is -0.479. The summed E-state index contributed by atoms with van der Waals surface area (Å²) >= 11 is 3.10. The first kappa shape index (κ1) is 20.9. The second-order valence-corrected chi connectivity index (χ2v) is 9.49. The number of thioether (sulfide) groups is 1. The first-order valence-corrected chi connectivity index (χ1v) is 11.4. The van der Waals surface area contributed by atoms with Gasteiger partial charge in [0, 0.05) is 18.5 Å². The molecule has 0 saturated heterocycles. The summed E-state index contributed by atoms with van der Waals surface area (Å²) in [5, 5.41) is 13.7. The summed E-state index contributed by atoms with van der Waals surface area (Å²) in [5.74, 6) is 1.26. The number of carbonyl (C=O) groups excluding carboxylic acids is 2. The van der Waals surface area contributed by atoms with Crippen molar-refractivity contribution in [1.29, 1.82) is 0 Å². The summed E-state index contributed by atoms with van der Waals surface area (Å²) in [6.07, 6.45) is 4.79. The Balaban J connectivity index is 1.70. The number of thiophene rings is 1. The van der Waals surface area contributed by atoms with Crippen LogP contribution in [0.4, 0.5) is 4.79 Å². The molecule has 2 aromatic heterocycles. The maximum Gasteiger partial charge on any atom is 0.321 e. The van der Waals surface area contributed by atoms with Gasteiger partial charge in [-0.25, -0.2) is 4.79 Å². The van der Waals surface area contributed by atoms with Crippen LogP contribution < -0.4 is 10.6 Å². The third-order valence-electron chi connectivity index (χ3n) is 5.04. The van der Waals surface area contributed by atoms with E-state index in [1.54, 1.807) is 25.2 Å². The van der Waals surface area contributed by atoms with Gasteiger partial charge in [0.25, 0.3) is 0 Å². The van der Waals surface area contributed by atoms with Crippen LogP contribution in [0, 0.1) is 5.92 Å². The molecule has 0 fully saturated rings. The Morgan fingerprint density at radius 1 is 1.39 bits per heavy atom. The molecule has 2 aromatic rings. The van der Waals surface area contributed by atoms with Crippen molar-refractivity contribution in [3.05, 3.63) is 16.5 Å². The molecule has 1 aliphatic rings. The zero-order chi connectivity index (χ0) is 20.3. The summed E-state index contributed by atoms with van der Waals surface area (Å²) in [6.45, 7) is 6.28. The van der Waals surface area contributed by atoms with E-state index in [4.69, 9.17) is 0 Å². The Hall–Kier alpha value is -1.87. The van der Waals surface area contributed by atoms with Crippen molar-refractivity contribution in [3.63, 3.8) is 0 Å². The molecular weight excluding hydrogens is 394 g/mol. The highest BCUT2D eigenvalue weighted by atomic mass is 32.2. The molecule has 0 aliphatic heterocycles. The van der Waals surface area contributed by atoms with E-state index >= 15 is 0 Å². The van der Waals surface area contributed by atoms with E-state index in [0.29, 0.717) is 11.7 Å². The molecule has 3 amide bonds. The average Bonchev–Trinajstić information content (AvgIpc) is 3.24. The van der Waals surface area contributed by atoms with Crippen LogP contribution in [-0.4, -0.2) is 38.5 Å². The second kappa shape index (κ2) is 9.09. The summed E-state index contributed by atoms with van der Waals surface area (Å²) in [6, 6.07) is 1.78. The molecule has 2 N–H and O–H groups in total. The van der Waals surface area contributed by atoms with Crippen LogP contribution in [0.2, 0.25) is 0 Å². The van der Waals surface area contributed by atoms with Crippen molar-refractivity contribution in [2.45, 2.75) is 56.9 Å². The summed E-state index contributed by atoms with van der Waals surface area (Å²) in [4.78, 5) is 26.3. The summed E-state index contributed by atoms with van der Waals surface area (Å²) in [5.41, 5.74) is 1.45. The predicted molar refractivity (Wildman–Crippen MR) is 113 cm³/mol. The fourth-order valence-electron chi connectivity index (χ4n) is 3.32.